The number of hydrogen-bond donors (Lipinski definition) is 0. The minimum atomic E-state index is -0.392. The number of nitrogens with zero attached hydrogens (tertiary/aromatic N) is 1. The number of carbonyl (C=O) groups excluding carboxylic acids is 3. The molecule has 0 radical (unpaired) electrons. The van der Waals surface area contributed by atoms with Crippen molar-refractivity contribution in [3.05, 3.63) is 60.2 Å². The molecule has 154 valence electrons. The van der Waals surface area contributed by atoms with Crippen LogP contribution >= 0.6 is 31.9 Å². The van der Waals surface area contributed by atoms with E-state index >= 15 is 0 Å². The number of imide groups is 1. The number of anilines is 1. The van der Waals surface area contributed by atoms with Crippen LogP contribution in [-0.2, 0) is 20.8 Å². The maximum absolute atomic E-state index is 13.2. The maximum atomic E-state index is 13.2. The van der Waals surface area contributed by atoms with Crippen molar-refractivity contribution in [2.24, 2.45) is 23.7 Å². The third-order valence-corrected chi connectivity index (χ3v) is 9.69. The van der Waals surface area contributed by atoms with Crippen LogP contribution in [0.4, 0.5) is 5.69 Å². The standard InChI is InChI=1S/C23H19Br2NO4/c24-20-15-11-16(21(20)25)19-18(15)22(28)26(23(19)29)13-7-4-8-14(10-13)30-17(27)9-12-5-2-1-3-6-12/h1-8,10,15-16,18-21H,9,11H2/t15-,16-,18-,19-,20+,21+/m1/s1. The Kier molecular flexibility index (Phi) is 5.06. The Bertz CT molecular complexity index is 995. The highest BCUT2D eigenvalue weighted by molar-refractivity contribution is 9.12. The van der Waals surface area contributed by atoms with Gasteiger partial charge in [-0.25, -0.2) is 4.90 Å². The molecule has 3 fully saturated rings. The fraction of sp³-hybridized carbons (Fsp3) is 0.348. The molecule has 0 unspecified atom stereocenters. The Morgan fingerprint density at radius 2 is 1.57 bits per heavy atom. The monoisotopic (exact) mass is 531 g/mol. The summed E-state index contributed by atoms with van der Waals surface area (Å²) >= 11 is 7.40. The van der Waals surface area contributed by atoms with Crippen molar-refractivity contribution in [2.75, 3.05) is 4.90 Å². The van der Waals surface area contributed by atoms with Gasteiger partial charge in [0.05, 0.1) is 23.9 Å². The molecule has 1 aliphatic heterocycles. The molecule has 30 heavy (non-hydrogen) atoms. The molecular weight excluding hydrogens is 514 g/mol. The third-order valence-electron chi connectivity index (χ3n) is 6.49. The van der Waals surface area contributed by atoms with Gasteiger partial charge >= 0.3 is 5.97 Å². The average molecular weight is 533 g/mol. The second kappa shape index (κ2) is 7.61. The number of alkyl halides is 2. The number of fused-ring (bicyclic) bond motifs is 5. The normalized spacial score (nSPS) is 31.9. The zero-order chi connectivity index (χ0) is 21.0. The number of rotatable bonds is 4. The van der Waals surface area contributed by atoms with Crippen LogP contribution in [0.25, 0.3) is 0 Å². The number of esters is 1. The Labute approximate surface area is 191 Å². The largest absolute Gasteiger partial charge is 0.426 e. The van der Waals surface area contributed by atoms with Gasteiger partial charge in [0.25, 0.3) is 0 Å². The highest BCUT2D eigenvalue weighted by Gasteiger charge is 2.66. The predicted molar refractivity (Wildman–Crippen MR) is 119 cm³/mol. The van der Waals surface area contributed by atoms with Crippen LogP contribution in [0.15, 0.2) is 54.6 Å². The number of carbonyl (C=O) groups is 3. The summed E-state index contributed by atoms with van der Waals surface area (Å²) in [6.07, 6.45) is 1.04. The van der Waals surface area contributed by atoms with E-state index in [4.69, 9.17) is 4.74 Å². The third kappa shape index (κ3) is 3.14. The number of benzene rings is 2. The molecule has 2 amide bonds. The SMILES string of the molecule is O=C(Cc1ccccc1)Oc1cccc(N2C(=O)[C@@H]3[C@H]4C[C@@H]([C@H](Br)[C@H]4Br)[C@H]3C2=O)c1. The lowest BCUT2D eigenvalue weighted by Gasteiger charge is -2.28. The van der Waals surface area contributed by atoms with E-state index in [1.165, 1.54) is 4.90 Å². The summed E-state index contributed by atoms with van der Waals surface area (Å²) in [7, 11) is 0. The molecule has 5 nitrogen and oxygen atoms in total. The first-order chi connectivity index (χ1) is 14.5. The van der Waals surface area contributed by atoms with Crippen molar-refractivity contribution < 1.29 is 19.1 Å². The quantitative estimate of drug-likeness (QED) is 0.257. The van der Waals surface area contributed by atoms with Gasteiger partial charge in [-0.05, 0) is 36.0 Å². The van der Waals surface area contributed by atoms with E-state index in [2.05, 4.69) is 31.9 Å². The highest BCUT2D eigenvalue weighted by Crippen LogP contribution is 2.60. The minimum absolute atomic E-state index is 0.144. The van der Waals surface area contributed by atoms with Crippen LogP contribution in [0, 0.1) is 23.7 Å². The Morgan fingerprint density at radius 1 is 0.933 bits per heavy atom. The summed E-state index contributed by atoms with van der Waals surface area (Å²) in [6, 6.07) is 16.0. The zero-order valence-electron chi connectivity index (χ0n) is 15.9. The average Bonchev–Trinajstić information content (AvgIpc) is 3.33. The van der Waals surface area contributed by atoms with E-state index in [0.29, 0.717) is 11.4 Å². The van der Waals surface area contributed by atoms with Crippen LogP contribution in [0.3, 0.4) is 0 Å². The van der Waals surface area contributed by atoms with Gasteiger partial charge < -0.3 is 4.74 Å². The summed E-state index contributed by atoms with van der Waals surface area (Å²) < 4.78 is 5.47. The lowest BCUT2D eigenvalue weighted by molar-refractivity contribution is -0.133. The van der Waals surface area contributed by atoms with E-state index in [1.807, 2.05) is 30.3 Å². The van der Waals surface area contributed by atoms with Gasteiger partial charge in [-0.15, -0.1) is 0 Å². The lowest BCUT2D eigenvalue weighted by atomic mass is 9.81. The first-order valence-corrected chi connectivity index (χ1v) is 11.8. The molecule has 2 aromatic carbocycles. The van der Waals surface area contributed by atoms with Crippen molar-refractivity contribution in [3.8, 4) is 5.75 Å². The van der Waals surface area contributed by atoms with Crippen molar-refractivity contribution in [3.63, 3.8) is 0 Å². The van der Waals surface area contributed by atoms with Gasteiger partial charge in [-0.1, -0.05) is 68.3 Å². The molecule has 0 spiro atoms. The molecule has 6 atom stereocenters. The maximum Gasteiger partial charge on any atom is 0.315 e. The smallest absolute Gasteiger partial charge is 0.315 e. The van der Waals surface area contributed by atoms with Gasteiger partial charge in [0, 0.05) is 15.7 Å². The molecular formula is C23H19Br2NO4. The fourth-order valence-electron chi connectivity index (χ4n) is 5.22. The summed E-state index contributed by atoms with van der Waals surface area (Å²) in [5.74, 6) is -0.573. The topological polar surface area (TPSA) is 63.7 Å². The molecule has 3 aliphatic rings. The van der Waals surface area contributed by atoms with Gasteiger partial charge in [-0.3, -0.25) is 14.4 Å². The van der Waals surface area contributed by atoms with E-state index in [-0.39, 0.29) is 51.6 Å². The molecule has 2 aliphatic carbocycles. The lowest BCUT2D eigenvalue weighted by Crippen LogP contribution is -2.37. The number of hydrogen-bond acceptors (Lipinski definition) is 4. The second-order valence-corrected chi connectivity index (χ2v) is 10.3. The molecule has 0 aromatic heterocycles. The zero-order valence-corrected chi connectivity index (χ0v) is 19.1. The van der Waals surface area contributed by atoms with Gasteiger partial charge in [0.15, 0.2) is 0 Å². The molecule has 1 heterocycles. The second-order valence-electron chi connectivity index (χ2n) is 8.15. The first kappa shape index (κ1) is 19.9. The van der Waals surface area contributed by atoms with Gasteiger partial charge in [0.2, 0.25) is 11.8 Å². The van der Waals surface area contributed by atoms with Crippen LogP contribution < -0.4 is 9.64 Å². The number of ether oxygens (including phenoxy) is 1. The van der Waals surface area contributed by atoms with Crippen LogP contribution in [0.2, 0.25) is 0 Å². The van der Waals surface area contributed by atoms with Crippen LogP contribution in [0.5, 0.6) is 5.75 Å². The van der Waals surface area contributed by atoms with Crippen LogP contribution in [0.1, 0.15) is 12.0 Å². The summed E-state index contributed by atoms with van der Waals surface area (Å²) in [6.45, 7) is 0. The van der Waals surface area contributed by atoms with Crippen molar-refractivity contribution in [1.29, 1.82) is 0 Å². The summed E-state index contributed by atoms with van der Waals surface area (Å²) in [5.41, 5.74) is 1.32. The first-order valence-electron chi connectivity index (χ1n) is 9.96. The summed E-state index contributed by atoms with van der Waals surface area (Å²) in [5, 5.41) is 0. The van der Waals surface area contributed by atoms with E-state index in [9.17, 15) is 14.4 Å². The number of amides is 2. The predicted octanol–water partition coefficient (Wildman–Crippen LogP) is 4.12. The van der Waals surface area contributed by atoms with Gasteiger partial charge in [-0.2, -0.15) is 0 Å². The molecule has 2 aromatic rings. The van der Waals surface area contributed by atoms with E-state index in [0.717, 1.165) is 12.0 Å². The Morgan fingerprint density at radius 3 is 2.20 bits per heavy atom. The van der Waals surface area contributed by atoms with Gasteiger partial charge in [0.1, 0.15) is 5.75 Å². The minimum Gasteiger partial charge on any atom is -0.426 e. The van der Waals surface area contributed by atoms with Crippen molar-refractivity contribution in [2.45, 2.75) is 22.5 Å². The Hall–Kier alpha value is -1.99. The van der Waals surface area contributed by atoms with E-state index in [1.54, 1.807) is 24.3 Å². The van der Waals surface area contributed by atoms with Crippen molar-refractivity contribution >= 4 is 55.3 Å². The summed E-state index contributed by atoms with van der Waals surface area (Å²) in [4.78, 5) is 40.3. The number of halogens is 2. The fourth-order valence-corrected chi connectivity index (χ4v) is 7.09. The molecule has 7 heteroatoms. The molecule has 2 saturated carbocycles. The highest BCUT2D eigenvalue weighted by atomic mass is 79.9. The van der Waals surface area contributed by atoms with Crippen LogP contribution in [-0.4, -0.2) is 27.4 Å². The molecule has 2 bridgehead atoms. The van der Waals surface area contributed by atoms with E-state index < -0.39 is 5.97 Å². The molecule has 0 N–H and O–H groups in total. The molecule has 1 saturated heterocycles. The van der Waals surface area contributed by atoms with Crippen molar-refractivity contribution in [1.82, 2.24) is 0 Å². The Balaban J connectivity index is 1.35. The molecule has 5 rings (SSSR count).